The molecule has 0 radical (unpaired) electrons. The Morgan fingerprint density at radius 1 is 1.50 bits per heavy atom. The average Bonchev–Trinajstić information content (AvgIpc) is 2.09. The minimum absolute atomic E-state index is 0.0413. The Morgan fingerprint density at radius 3 is 2.64 bits per heavy atom. The molecular weight excluding hydrogens is 204 g/mol. The molecule has 0 aromatic heterocycles. The van der Waals surface area contributed by atoms with Crippen molar-refractivity contribution in [3.63, 3.8) is 0 Å². The molecule has 0 aromatic carbocycles. The van der Waals surface area contributed by atoms with Gasteiger partial charge in [-0.2, -0.15) is 0 Å². The summed E-state index contributed by atoms with van der Waals surface area (Å²) in [4.78, 5) is 22.0. The van der Waals surface area contributed by atoms with Crippen molar-refractivity contribution in [1.29, 1.82) is 0 Å². The molecule has 2 amide bonds. The van der Waals surface area contributed by atoms with E-state index in [-0.39, 0.29) is 17.1 Å². The molecule has 0 saturated carbocycles. The molecule has 6 heteroatoms. The maximum Gasteiger partial charge on any atom is 0.244 e. The lowest BCUT2D eigenvalue weighted by Gasteiger charge is -2.22. The molecule has 2 atom stereocenters. The van der Waals surface area contributed by atoms with Gasteiger partial charge in [0.1, 0.15) is 0 Å². The first-order valence-electron chi connectivity index (χ1n) is 4.51. The largest absolute Gasteiger partial charge is 0.295 e. The van der Waals surface area contributed by atoms with E-state index in [0.717, 1.165) is 0 Å². The Morgan fingerprint density at radius 2 is 2.14 bits per heavy atom. The van der Waals surface area contributed by atoms with Crippen LogP contribution < -0.4 is 10.0 Å². The highest BCUT2D eigenvalue weighted by molar-refractivity contribution is 7.83. The van der Waals surface area contributed by atoms with Crippen LogP contribution in [0, 0.1) is 0 Å². The zero-order chi connectivity index (χ0) is 10.7. The summed E-state index contributed by atoms with van der Waals surface area (Å²) in [6.45, 7) is 3.60. The summed E-state index contributed by atoms with van der Waals surface area (Å²) in [5.74, 6) is -0.640. The van der Waals surface area contributed by atoms with Gasteiger partial charge in [0.05, 0.1) is 17.0 Å². The molecule has 2 N–H and O–H groups in total. The second kappa shape index (κ2) is 4.65. The van der Waals surface area contributed by atoms with Crippen LogP contribution in [0.5, 0.6) is 0 Å². The van der Waals surface area contributed by atoms with Gasteiger partial charge in [-0.05, 0) is 20.3 Å². The molecular formula is C8H14N2O3S. The summed E-state index contributed by atoms with van der Waals surface area (Å²) < 4.78 is 14.1. The molecule has 1 rings (SSSR count). The Balaban J connectivity index is 2.49. The highest BCUT2D eigenvalue weighted by Gasteiger charge is 2.27. The van der Waals surface area contributed by atoms with E-state index in [2.05, 4.69) is 10.0 Å². The minimum Gasteiger partial charge on any atom is -0.295 e. The van der Waals surface area contributed by atoms with Gasteiger partial charge < -0.3 is 0 Å². The lowest BCUT2D eigenvalue weighted by molar-refractivity contribution is -0.134. The van der Waals surface area contributed by atoms with E-state index in [4.69, 9.17) is 0 Å². The number of hydrogen-bond donors (Lipinski definition) is 2. The van der Waals surface area contributed by atoms with Gasteiger partial charge in [-0.15, -0.1) is 0 Å². The van der Waals surface area contributed by atoms with Crippen LogP contribution in [0.25, 0.3) is 0 Å². The van der Waals surface area contributed by atoms with Crippen molar-refractivity contribution in [3.05, 3.63) is 0 Å². The van der Waals surface area contributed by atoms with Gasteiger partial charge in [0.2, 0.25) is 11.8 Å². The number of carbonyl (C=O) groups excluding carboxylic acids is 2. The van der Waals surface area contributed by atoms with Crippen LogP contribution in [-0.4, -0.2) is 27.3 Å². The van der Waals surface area contributed by atoms with Crippen molar-refractivity contribution in [2.45, 2.75) is 38.0 Å². The first kappa shape index (κ1) is 11.3. The SMILES string of the molecule is CC(C)S(=O)NC1CCC(=O)NC1=O. The quantitative estimate of drug-likeness (QED) is 0.624. The fourth-order valence-corrected chi connectivity index (χ4v) is 1.86. The fraction of sp³-hybridized carbons (Fsp3) is 0.750. The normalized spacial score (nSPS) is 24.9. The number of rotatable bonds is 3. The Hall–Kier alpha value is -0.750. The van der Waals surface area contributed by atoms with E-state index in [0.29, 0.717) is 12.8 Å². The number of carbonyl (C=O) groups is 2. The van der Waals surface area contributed by atoms with Crippen LogP contribution in [0.15, 0.2) is 0 Å². The predicted octanol–water partition coefficient (Wildman–Crippen LogP) is -0.547. The number of imide groups is 1. The summed E-state index contributed by atoms with van der Waals surface area (Å²) in [6.07, 6.45) is 0.724. The molecule has 80 valence electrons. The molecule has 0 aromatic rings. The molecule has 0 bridgehead atoms. The lowest BCUT2D eigenvalue weighted by Crippen LogP contribution is -2.51. The van der Waals surface area contributed by atoms with Gasteiger partial charge in [0, 0.05) is 11.7 Å². The molecule has 1 aliphatic rings. The number of piperidine rings is 1. The van der Waals surface area contributed by atoms with Crippen LogP contribution in [0.1, 0.15) is 26.7 Å². The third-order valence-electron chi connectivity index (χ3n) is 1.93. The monoisotopic (exact) mass is 218 g/mol. The van der Waals surface area contributed by atoms with E-state index in [1.165, 1.54) is 0 Å². The van der Waals surface area contributed by atoms with Gasteiger partial charge in [0.15, 0.2) is 0 Å². The van der Waals surface area contributed by atoms with Crippen molar-refractivity contribution in [1.82, 2.24) is 10.0 Å². The Bertz CT molecular complexity index is 278. The third kappa shape index (κ3) is 2.88. The highest BCUT2D eigenvalue weighted by Crippen LogP contribution is 2.05. The average molecular weight is 218 g/mol. The standard InChI is InChI=1S/C8H14N2O3S/c1-5(2)14(13)10-6-3-4-7(11)9-8(6)12/h5-6,10H,3-4H2,1-2H3,(H,9,11,12). The predicted molar refractivity (Wildman–Crippen MR) is 52.6 cm³/mol. The smallest absolute Gasteiger partial charge is 0.244 e. The molecule has 2 unspecified atom stereocenters. The van der Waals surface area contributed by atoms with Crippen LogP contribution in [0.2, 0.25) is 0 Å². The van der Waals surface area contributed by atoms with E-state index in [9.17, 15) is 13.8 Å². The van der Waals surface area contributed by atoms with Crippen molar-refractivity contribution < 1.29 is 13.8 Å². The van der Waals surface area contributed by atoms with Gasteiger partial charge in [-0.1, -0.05) is 0 Å². The van der Waals surface area contributed by atoms with Crippen LogP contribution in [0.4, 0.5) is 0 Å². The van der Waals surface area contributed by atoms with E-state index >= 15 is 0 Å². The molecule has 1 saturated heterocycles. The van der Waals surface area contributed by atoms with Gasteiger partial charge in [-0.25, -0.2) is 8.93 Å². The summed E-state index contributed by atoms with van der Waals surface area (Å²) in [5.41, 5.74) is 0. The van der Waals surface area contributed by atoms with Crippen molar-refractivity contribution >= 4 is 22.8 Å². The number of amides is 2. The second-order valence-corrected chi connectivity index (χ2v) is 5.24. The number of nitrogens with one attached hydrogen (secondary N) is 2. The molecule has 1 fully saturated rings. The van der Waals surface area contributed by atoms with Gasteiger partial charge >= 0.3 is 0 Å². The van der Waals surface area contributed by atoms with Gasteiger partial charge in [0.25, 0.3) is 0 Å². The maximum atomic E-state index is 11.4. The fourth-order valence-electron chi connectivity index (χ4n) is 1.08. The van der Waals surface area contributed by atoms with Crippen LogP contribution >= 0.6 is 0 Å². The maximum absolute atomic E-state index is 11.4. The van der Waals surface area contributed by atoms with E-state index in [1.807, 2.05) is 0 Å². The first-order valence-corrected chi connectivity index (χ1v) is 5.72. The molecule has 1 aliphatic heterocycles. The molecule has 0 aliphatic carbocycles. The summed E-state index contributed by atoms with van der Waals surface area (Å²) in [6, 6.07) is -0.504. The lowest BCUT2D eigenvalue weighted by atomic mass is 10.1. The molecule has 14 heavy (non-hydrogen) atoms. The molecule has 5 nitrogen and oxygen atoms in total. The minimum atomic E-state index is -1.22. The number of hydrogen-bond acceptors (Lipinski definition) is 3. The molecule has 1 heterocycles. The van der Waals surface area contributed by atoms with Crippen molar-refractivity contribution in [2.24, 2.45) is 0 Å². The second-order valence-electron chi connectivity index (χ2n) is 3.47. The topological polar surface area (TPSA) is 75.3 Å². The summed E-state index contributed by atoms with van der Waals surface area (Å²) >= 11 is 0. The summed E-state index contributed by atoms with van der Waals surface area (Å²) in [7, 11) is -1.22. The van der Waals surface area contributed by atoms with Crippen molar-refractivity contribution in [3.8, 4) is 0 Å². The third-order valence-corrected chi connectivity index (χ3v) is 3.30. The van der Waals surface area contributed by atoms with Crippen molar-refractivity contribution in [2.75, 3.05) is 0 Å². The summed E-state index contributed by atoms with van der Waals surface area (Å²) in [5, 5.41) is 2.16. The van der Waals surface area contributed by atoms with Gasteiger partial charge in [-0.3, -0.25) is 14.9 Å². The Labute approximate surface area is 85.2 Å². The zero-order valence-corrected chi connectivity index (χ0v) is 9.02. The van der Waals surface area contributed by atoms with Crippen LogP contribution in [0.3, 0.4) is 0 Å². The highest BCUT2D eigenvalue weighted by atomic mass is 32.2. The van der Waals surface area contributed by atoms with E-state index in [1.54, 1.807) is 13.8 Å². The first-order chi connectivity index (χ1) is 6.50. The van der Waals surface area contributed by atoms with Crippen LogP contribution in [-0.2, 0) is 20.6 Å². The zero-order valence-electron chi connectivity index (χ0n) is 8.20. The van der Waals surface area contributed by atoms with E-state index < -0.39 is 17.0 Å². The molecule has 0 spiro atoms. The Kier molecular flexibility index (Phi) is 3.77.